The molecule has 3 nitrogen and oxygen atoms in total. The van der Waals surface area contributed by atoms with Gasteiger partial charge < -0.3 is 9.84 Å². The molecular weight excluding hydrogens is 251 g/mol. The van der Waals surface area contributed by atoms with Crippen molar-refractivity contribution in [2.75, 3.05) is 6.61 Å². The molecule has 1 rings (SSSR count). The van der Waals surface area contributed by atoms with Crippen molar-refractivity contribution in [3.8, 4) is 0 Å². The fourth-order valence-corrected chi connectivity index (χ4v) is 1.82. The van der Waals surface area contributed by atoms with Crippen LogP contribution in [0.3, 0.4) is 0 Å². The molecule has 1 atom stereocenters. The van der Waals surface area contributed by atoms with Crippen LogP contribution in [0.5, 0.6) is 0 Å². The molecule has 5 heteroatoms. The fraction of sp³-hybridized carbons (Fsp3) is 0.364. The molecule has 16 heavy (non-hydrogen) atoms. The standard InChI is InChI=1S/C11H12Cl2O3/c1-2-3-16-10(11(14)15)7-4-8(12)6-9(13)5-7/h4-6,10H,2-3H2,1H3,(H,14,15). The van der Waals surface area contributed by atoms with E-state index < -0.39 is 12.1 Å². The monoisotopic (exact) mass is 262 g/mol. The molecule has 1 aromatic carbocycles. The van der Waals surface area contributed by atoms with Gasteiger partial charge in [-0.05, 0) is 30.2 Å². The maximum atomic E-state index is 11.0. The number of carboxylic acids is 1. The zero-order valence-corrected chi connectivity index (χ0v) is 10.3. The van der Waals surface area contributed by atoms with Crippen LogP contribution in [-0.4, -0.2) is 17.7 Å². The van der Waals surface area contributed by atoms with Crippen molar-refractivity contribution >= 4 is 29.2 Å². The number of hydrogen-bond donors (Lipinski definition) is 1. The van der Waals surface area contributed by atoms with Gasteiger partial charge in [-0.2, -0.15) is 0 Å². The Morgan fingerprint density at radius 3 is 2.38 bits per heavy atom. The first-order valence-electron chi connectivity index (χ1n) is 4.85. The molecule has 88 valence electrons. The van der Waals surface area contributed by atoms with Crippen molar-refractivity contribution in [2.45, 2.75) is 19.4 Å². The summed E-state index contributed by atoms with van der Waals surface area (Å²) in [7, 11) is 0. The Morgan fingerprint density at radius 1 is 1.38 bits per heavy atom. The molecule has 0 amide bonds. The smallest absolute Gasteiger partial charge is 0.337 e. The van der Waals surface area contributed by atoms with Gasteiger partial charge in [-0.1, -0.05) is 30.1 Å². The van der Waals surface area contributed by atoms with E-state index in [1.807, 2.05) is 6.92 Å². The molecule has 0 saturated heterocycles. The lowest BCUT2D eigenvalue weighted by molar-refractivity contribution is -0.150. The van der Waals surface area contributed by atoms with E-state index in [1.54, 1.807) is 18.2 Å². The lowest BCUT2D eigenvalue weighted by atomic mass is 10.1. The summed E-state index contributed by atoms with van der Waals surface area (Å²) in [6.07, 6.45) is -0.269. The summed E-state index contributed by atoms with van der Waals surface area (Å²) in [6, 6.07) is 4.63. The molecule has 0 aromatic heterocycles. The van der Waals surface area contributed by atoms with Crippen LogP contribution in [0.2, 0.25) is 10.0 Å². The van der Waals surface area contributed by atoms with Gasteiger partial charge >= 0.3 is 5.97 Å². The first kappa shape index (κ1) is 13.3. The van der Waals surface area contributed by atoms with Gasteiger partial charge in [-0.25, -0.2) is 4.79 Å². The number of carbonyl (C=O) groups is 1. The Bertz CT molecular complexity index is 359. The van der Waals surface area contributed by atoms with Crippen LogP contribution in [0.4, 0.5) is 0 Å². The molecule has 0 saturated carbocycles. The van der Waals surface area contributed by atoms with Gasteiger partial charge in [0.05, 0.1) is 0 Å². The topological polar surface area (TPSA) is 46.5 Å². The maximum absolute atomic E-state index is 11.0. The number of benzene rings is 1. The van der Waals surface area contributed by atoms with Gasteiger partial charge in [-0.3, -0.25) is 0 Å². The summed E-state index contributed by atoms with van der Waals surface area (Å²) < 4.78 is 5.23. The Morgan fingerprint density at radius 2 is 1.94 bits per heavy atom. The third-order valence-electron chi connectivity index (χ3n) is 1.90. The highest BCUT2D eigenvalue weighted by Gasteiger charge is 2.20. The van der Waals surface area contributed by atoms with Crippen molar-refractivity contribution < 1.29 is 14.6 Å². The normalized spacial score (nSPS) is 12.4. The van der Waals surface area contributed by atoms with E-state index in [-0.39, 0.29) is 0 Å². The van der Waals surface area contributed by atoms with E-state index in [0.717, 1.165) is 6.42 Å². The molecule has 0 heterocycles. The molecule has 0 spiro atoms. The first-order chi connectivity index (χ1) is 7.54. The number of aliphatic carboxylic acids is 1. The lowest BCUT2D eigenvalue weighted by Crippen LogP contribution is -2.15. The highest BCUT2D eigenvalue weighted by Crippen LogP contribution is 2.25. The number of ether oxygens (including phenoxy) is 1. The van der Waals surface area contributed by atoms with Crippen LogP contribution in [-0.2, 0) is 9.53 Å². The van der Waals surface area contributed by atoms with Gasteiger partial charge in [0.1, 0.15) is 0 Å². The van der Waals surface area contributed by atoms with Crippen LogP contribution in [0.1, 0.15) is 25.0 Å². The van der Waals surface area contributed by atoms with Crippen molar-refractivity contribution in [3.63, 3.8) is 0 Å². The Labute approximate surface area is 104 Å². The lowest BCUT2D eigenvalue weighted by Gasteiger charge is -2.14. The maximum Gasteiger partial charge on any atom is 0.337 e. The van der Waals surface area contributed by atoms with Crippen LogP contribution >= 0.6 is 23.2 Å². The third-order valence-corrected chi connectivity index (χ3v) is 2.34. The van der Waals surface area contributed by atoms with E-state index in [1.165, 1.54) is 0 Å². The van der Waals surface area contributed by atoms with E-state index in [0.29, 0.717) is 22.2 Å². The van der Waals surface area contributed by atoms with E-state index in [4.69, 9.17) is 33.0 Å². The zero-order chi connectivity index (χ0) is 12.1. The molecule has 0 bridgehead atoms. The second-order valence-electron chi connectivity index (χ2n) is 3.29. The average molecular weight is 263 g/mol. The number of halogens is 2. The SMILES string of the molecule is CCCOC(C(=O)O)c1cc(Cl)cc(Cl)c1. The van der Waals surface area contributed by atoms with Crippen molar-refractivity contribution in [1.29, 1.82) is 0 Å². The number of carboxylic acid groups (broad SMARTS) is 1. The van der Waals surface area contributed by atoms with Crippen LogP contribution in [0.25, 0.3) is 0 Å². The molecule has 1 N–H and O–H groups in total. The predicted molar refractivity (Wildman–Crippen MR) is 63.1 cm³/mol. The van der Waals surface area contributed by atoms with E-state index >= 15 is 0 Å². The molecule has 1 aromatic rings. The van der Waals surface area contributed by atoms with E-state index in [2.05, 4.69) is 0 Å². The van der Waals surface area contributed by atoms with Gasteiger partial charge in [0.15, 0.2) is 6.10 Å². The average Bonchev–Trinajstić information content (AvgIpc) is 2.16. The molecule has 0 fully saturated rings. The van der Waals surface area contributed by atoms with Crippen molar-refractivity contribution in [3.05, 3.63) is 33.8 Å². The molecule has 0 aliphatic rings. The summed E-state index contributed by atoms with van der Waals surface area (Å²) in [5.74, 6) is -1.05. The summed E-state index contributed by atoms with van der Waals surface area (Å²) in [5, 5.41) is 9.82. The molecule has 1 unspecified atom stereocenters. The largest absolute Gasteiger partial charge is 0.479 e. The summed E-state index contributed by atoms with van der Waals surface area (Å²) in [4.78, 5) is 11.0. The highest BCUT2D eigenvalue weighted by molar-refractivity contribution is 6.34. The second-order valence-corrected chi connectivity index (χ2v) is 4.16. The van der Waals surface area contributed by atoms with Crippen molar-refractivity contribution in [2.24, 2.45) is 0 Å². The molecule has 0 aliphatic carbocycles. The quantitative estimate of drug-likeness (QED) is 0.883. The summed E-state index contributed by atoms with van der Waals surface area (Å²) in [6.45, 7) is 2.28. The third kappa shape index (κ3) is 3.67. The van der Waals surface area contributed by atoms with Gasteiger partial charge in [0.25, 0.3) is 0 Å². The number of hydrogen-bond acceptors (Lipinski definition) is 2. The summed E-state index contributed by atoms with van der Waals surface area (Å²) >= 11 is 11.6. The minimum Gasteiger partial charge on any atom is -0.479 e. The molecule has 0 radical (unpaired) electrons. The zero-order valence-electron chi connectivity index (χ0n) is 8.74. The van der Waals surface area contributed by atoms with Crippen LogP contribution in [0, 0.1) is 0 Å². The highest BCUT2D eigenvalue weighted by atomic mass is 35.5. The van der Waals surface area contributed by atoms with Gasteiger partial charge in [0, 0.05) is 16.7 Å². The van der Waals surface area contributed by atoms with Crippen LogP contribution in [0.15, 0.2) is 18.2 Å². The first-order valence-corrected chi connectivity index (χ1v) is 5.60. The number of rotatable bonds is 5. The predicted octanol–water partition coefficient (Wildman–Crippen LogP) is 3.55. The molecule has 0 aliphatic heterocycles. The minimum atomic E-state index is -1.05. The Hall–Kier alpha value is -0.770. The Balaban J connectivity index is 2.96. The van der Waals surface area contributed by atoms with Gasteiger partial charge in [0.2, 0.25) is 0 Å². The molecular formula is C11H12Cl2O3. The summed E-state index contributed by atoms with van der Waals surface area (Å²) in [5.41, 5.74) is 0.457. The van der Waals surface area contributed by atoms with Crippen molar-refractivity contribution in [1.82, 2.24) is 0 Å². The Kier molecular flexibility index (Phi) is 5.06. The second kappa shape index (κ2) is 6.09. The fourth-order valence-electron chi connectivity index (χ4n) is 1.27. The van der Waals surface area contributed by atoms with Crippen LogP contribution < -0.4 is 0 Å². The van der Waals surface area contributed by atoms with Gasteiger partial charge in [-0.15, -0.1) is 0 Å². The minimum absolute atomic E-state index is 0.376. The van der Waals surface area contributed by atoms with E-state index in [9.17, 15) is 4.79 Å².